The number of hydrogen-bond donors (Lipinski definition) is 2. The van der Waals surface area contributed by atoms with Crippen LogP contribution < -0.4 is 16.3 Å². The molecule has 0 saturated heterocycles. The van der Waals surface area contributed by atoms with Crippen LogP contribution in [0.25, 0.3) is 10.8 Å². The Balaban J connectivity index is 1.96. The first kappa shape index (κ1) is 14.4. The number of benzene rings is 2. The molecule has 3 aromatic rings. The number of carbonyl (C=O) groups is 1. The van der Waals surface area contributed by atoms with Crippen molar-refractivity contribution in [2.75, 3.05) is 11.9 Å². The Morgan fingerprint density at radius 1 is 1.29 bits per heavy atom. The van der Waals surface area contributed by atoms with Gasteiger partial charge in [0, 0.05) is 10.9 Å². The fourth-order valence-corrected chi connectivity index (χ4v) is 3.64. The van der Waals surface area contributed by atoms with Crippen LogP contribution in [0.1, 0.15) is 55.6 Å². The fraction of sp³-hybridized carbons (Fsp3) is 0.280. The van der Waals surface area contributed by atoms with E-state index in [-0.39, 0.29) is 11.3 Å². The van der Waals surface area contributed by atoms with Crippen molar-refractivity contribution in [1.82, 2.24) is 9.99 Å². The third-order valence-electron chi connectivity index (χ3n) is 5.24. The minimum atomic E-state index is -3.08. The van der Waals surface area contributed by atoms with E-state index in [2.05, 4.69) is 22.6 Å². The molecule has 0 radical (unpaired) electrons. The second-order valence-electron chi connectivity index (χ2n) is 7.26. The molecule has 1 amide bonds. The maximum Gasteiger partial charge on any atom is 0.279 e. The second kappa shape index (κ2) is 8.65. The number of halogens is 1. The Kier molecular flexibility index (Phi) is 4.02. The number of pyridine rings is 1. The summed E-state index contributed by atoms with van der Waals surface area (Å²) < 4.78 is 62.9. The normalized spacial score (nSPS) is 17.6. The number of rotatable bonds is 6. The zero-order chi connectivity index (χ0) is 27.0. The van der Waals surface area contributed by atoms with Crippen LogP contribution in [-0.4, -0.2) is 17.1 Å². The highest BCUT2D eigenvalue weighted by molar-refractivity contribution is 6.08. The Bertz CT molecular complexity index is 1460. The van der Waals surface area contributed by atoms with Crippen LogP contribution >= 0.6 is 0 Å². The van der Waals surface area contributed by atoms with Crippen LogP contribution in [0, 0.1) is 30.4 Å². The van der Waals surface area contributed by atoms with Crippen molar-refractivity contribution in [1.29, 1.82) is 0 Å². The summed E-state index contributed by atoms with van der Waals surface area (Å²) in [7, 11) is 0. The summed E-state index contributed by atoms with van der Waals surface area (Å²) in [6, 6.07) is 12.3. The van der Waals surface area contributed by atoms with Crippen LogP contribution in [0.3, 0.4) is 0 Å². The van der Waals surface area contributed by atoms with E-state index in [4.69, 9.17) is 8.22 Å². The van der Waals surface area contributed by atoms with E-state index in [0.29, 0.717) is 4.68 Å². The Hall–Kier alpha value is -3.59. The lowest BCUT2D eigenvalue weighted by molar-refractivity contribution is 0.0932. The van der Waals surface area contributed by atoms with Gasteiger partial charge in [-0.15, -0.1) is 5.92 Å². The minimum Gasteiger partial charge on any atom is -0.345 e. The van der Waals surface area contributed by atoms with Gasteiger partial charge in [0.1, 0.15) is 5.82 Å². The molecule has 1 fully saturated rings. The number of hydrogen-bond acceptors (Lipinski definition) is 3. The first-order chi connectivity index (χ1) is 17.4. The molecule has 0 spiro atoms. The van der Waals surface area contributed by atoms with Gasteiger partial charge in [-0.3, -0.25) is 9.59 Å². The lowest BCUT2D eigenvalue weighted by atomic mass is 9.99. The maximum atomic E-state index is 14.9. The van der Waals surface area contributed by atoms with E-state index in [1.54, 1.807) is 0 Å². The summed E-state index contributed by atoms with van der Waals surface area (Å²) >= 11 is 0. The van der Waals surface area contributed by atoms with Crippen molar-refractivity contribution in [3.8, 4) is 11.8 Å². The SMILES string of the molecule is [2H]CC#CC([2H])([2H])Nn1c(C([2H])([2H])[2H])c(C(=O)N[C@H](c2ccccc2)C2CC2)c2cccc(F)c2c1=O. The predicted molar refractivity (Wildman–Crippen MR) is 120 cm³/mol. The first-order valence-electron chi connectivity index (χ1n) is 13.0. The summed E-state index contributed by atoms with van der Waals surface area (Å²) in [4.78, 5) is 27.1. The number of carbonyl (C=O) groups excluding carboxylic acids is 1. The average Bonchev–Trinajstić information content (AvgIpc) is 3.67. The highest BCUT2D eigenvalue weighted by Crippen LogP contribution is 2.41. The van der Waals surface area contributed by atoms with E-state index in [1.807, 2.05) is 30.3 Å². The Morgan fingerprint density at radius 3 is 2.81 bits per heavy atom. The third-order valence-corrected chi connectivity index (χ3v) is 5.24. The minimum absolute atomic E-state index is 0.129. The molecule has 0 aliphatic heterocycles. The van der Waals surface area contributed by atoms with Crippen LogP contribution in [-0.2, 0) is 0 Å². The highest BCUT2D eigenvalue weighted by atomic mass is 19.1. The van der Waals surface area contributed by atoms with Gasteiger partial charge in [-0.25, -0.2) is 9.07 Å². The molecule has 6 heteroatoms. The van der Waals surface area contributed by atoms with Crippen LogP contribution in [0.4, 0.5) is 4.39 Å². The third kappa shape index (κ3) is 4.04. The molecule has 5 nitrogen and oxygen atoms in total. The summed E-state index contributed by atoms with van der Waals surface area (Å²) in [6.45, 7) is -6.19. The summed E-state index contributed by atoms with van der Waals surface area (Å²) in [5.74, 6) is 2.60. The number of aromatic nitrogens is 1. The largest absolute Gasteiger partial charge is 0.345 e. The molecule has 1 aliphatic rings. The lowest BCUT2D eigenvalue weighted by Gasteiger charge is -2.22. The van der Waals surface area contributed by atoms with Crippen LogP contribution in [0.5, 0.6) is 0 Å². The van der Waals surface area contributed by atoms with Crippen molar-refractivity contribution < 1.29 is 17.4 Å². The molecular weight excluding hydrogens is 393 g/mol. The van der Waals surface area contributed by atoms with E-state index in [0.717, 1.165) is 24.5 Å². The van der Waals surface area contributed by atoms with Gasteiger partial charge in [-0.05, 0) is 44.1 Å². The van der Waals surface area contributed by atoms with E-state index in [1.165, 1.54) is 12.1 Å². The van der Waals surface area contributed by atoms with Crippen molar-refractivity contribution in [3.63, 3.8) is 0 Å². The summed E-state index contributed by atoms with van der Waals surface area (Å²) in [5.41, 5.74) is 0.472. The van der Waals surface area contributed by atoms with Crippen molar-refractivity contribution in [3.05, 3.63) is 81.5 Å². The Morgan fingerprint density at radius 2 is 2.10 bits per heavy atom. The molecule has 1 atom stereocenters. The van der Waals surface area contributed by atoms with Crippen molar-refractivity contribution >= 4 is 16.7 Å². The predicted octanol–water partition coefficient (Wildman–Crippen LogP) is 3.90. The molecule has 0 bridgehead atoms. The summed E-state index contributed by atoms with van der Waals surface area (Å²) in [6.07, 6.45) is 1.72. The van der Waals surface area contributed by atoms with Gasteiger partial charge in [0.25, 0.3) is 11.5 Å². The van der Waals surface area contributed by atoms with Gasteiger partial charge in [-0.1, -0.05) is 48.4 Å². The average molecular weight is 424 g/mol. The van der Waals surface area contributed by atoms with Crippen LogP contribution in [0.15, 0.2) is 53.3 Å². The molecule has 1 saturated carbocycles. The first-order valence-corrected chi connectivity index (χ1v) is 9.75. The smallest absolute Gasteiger partial charge is 0.279 e. The van der Waals surface area contributed by atoms with Gasteiger partial charge in [-0.2, -0.15) is 0 Å². The monoisotopic (exact) mass is 423 g/mol. The molecule has 4 rings (SSSR count). The van der Waals surface area contributed by atoms with Gasteiger partial charge in [0.05, 0.1) is 31.9 Å². The maximum absolute atomic E-state index is 14.9. The fourth-order valence-electron chi connectivity index (χ4n) is 3.64. The van der Waals surface area contributed by atoms with E-state index in [9.17, 15) is 14.0 Å². The van der Waals surface area contributed by atoms with Crippen molar-refractivity contribution in [2.24, 2.45) is 5.92 Å². The molecule has 1 aromatic heterocycles. The van der Waals surface area contributed by atoms with Crippen molar-refractivity contribution in [2.45, 2.75) is 32.6 Å². The molecular formula is C25H24FN3O2. The van der Waals surface area contributed by atoms with E-state index >= 15 is 0 Å². The van der Waals surface area contributed by atoms with Crippen LogP contribution in [0.2, 0.25) is 0 Å². The van der Waals surface area contributed by atoms with E-state index < -0.39 is 60.2 Å². The molecule has 0 unspecified atom stereocenters. The number of amides is 1. The molecule has 1 heterocycles. The Labute approximate surface area is 188 Å². The number of fused-ring (bicyclic) bond motifs is 1. The standard InChI is InChI=1S/C25H24FN3O2/c1-3-4-15-27-29-16(2)21(19-11-8-12-20(26)22(19)25(29)31)24(30)28-23(18-13-14-18)17-9-6-5-7-10-17/h5-12,18,23,27H,13-15H2,1-2H3,(H,28,30)/t23-/m1/s1/i1D,2D3,15D2. The van der Waals surface area contributed by atoms with Gasteiger partial charge >= 0.3 is 0 Å². The molecule has 2 aromatic carbocycles. The highest BCUT2D eigenvalue weighted by Gasteiger charge is 2.34. The summed E-state index contributed by atoms with van der Waals surface area (Å²) in [5, 5.41) is 2.11. The zero-order valence-electron chi connectivity index (χ0n) is 22.5. The van der Waals surface area contributed by atoms with Gasteiger partial charge in [0.15, 0.2) is 0 Å². The quantitative estimate of drug-likeness (QED) is 0.591. The lowest BCUT2D eigenvalue weighted by Crippen LogP contribution is -2.36. The molecule has 31 heavy (non-hydrogen) atoms. The number of nitrogens with one attached hydrogen (secondary N) is 2. The zero-order valence-corrected chi connectivity index (χ0v) is 16.5. The second-order valence-corrected chi connectivity index (χ2v) is 7.26. The topological polar surface area (TPSA) is 63.1 Å². The number of nitrogens with zero attached hydrogens (tertiary/aromatic N) is 1. The molecule has 1 aliphatic carbocycles. The van der Waals surface area contributed by atoms with Gasteiger partial charge < -0.3 is 10.7 Å². The molecule has 2 N–H and O–H groups in total. The van der Waals surface area contributed by atoms with Gasteiger partial charge in [0.2, 0.25) is 0 Å². The molecule has 158 valence electrons.